The van der Waals surface area contributed by atoms with Gasteiger partial charge in [0, 0.05) is 19.1 Å². The summed E-state index contributed by atoms with van der Waals surface area (Å²) in [5.41, 5.74) is 1.23. The van der Waals surface area contributed by atoms with E-state index in [2.05, 4.69) is 24.1 Å². The first-order valence-corrected chi connectivity index (χ1v) is 8.08. The van der Waals surface area contributed by atoms with Crippen LogP contribution in [-0.4, -0.2) is 54.9 Å². The van der Waals surface area contributed by atoms with Crippen LogP contribution in [0.4, 0.5) is 0 Å². The Labute approximate surface area is 128 Å². The molecule has 0 aromatic heterocycles. The second-order valence-electron chi connectivity index (χ2n) is 5.73. The molecule has 0 aliphatic carbocycles. The molecule has 4 nitrogen and oxygen atoms in total. The van der Waals surface area contributed by atoms with Crippen LogP contribution in [0.3, 0.4) is 0 Å². The van der Waals surface area contributed by atoms with Crippen LogP contribution < -0.4 is 5.32 Å². The number of ether oxygens (including phenoxy) is 1. The van der Waals surface area contributed by atoms with Gasteiger partial charge in [0.1, 0.15) is 5.75 Å². The van der Waals surface area contributed by atoms with E-state index in [-0.39, 0.29) is 6.10 Å². The zero-order valence-electron chi connectivity index (χ0n) is 13.2. The van der Waals surface area contributed by atoms with E-state index in [1.165, 1.54) is 5.56 Å². The van der Waals surface area contributed by atoms with Crippen LogP contribution in [0.15, 0.2) is 24.3 Å². The molecule has 4 heteroatoms. The maximum atomic E-state index is 9.40. The Morgan fingerprint density at radius 1 is 1.33 bits per heavy atom. The number of phenols is 1. The lowest BCUT2D eigenvalue weighted by atomic mass is 9.99. The Morgan fingerprint density at radius 3 is 2.76 bits per heavy atom. The van der Waals surface area contributed by atoms with Gasteiger partial charge in [-0.15, -0.1) is 0 Å². The van der Waals surface area contributed by atoms with Crippen LogP contribution in [0.5, 0.6) is 5.75 Å². The Balaban J connectivity index is 2.00. The Bertz CT molecular complexity index is 408. The van der Waals surface area contributed by atoms with Crippen molar-refractivity contribution in [2.75, 3.05) is 32.8 Å². The zero-order valence-corrected chi connectivity index (χ0v) is 13.2. The van der Waals surface area contributed by atoms with E-state index in [9.17, 15) is 5.11 Å². The molecule has 21 heavy (non-hydrogen) atoms. The normalized spacial score (nSPS) is 21.3. The minimum atomic E-state index is 0.235. The quantitative estimate of drug-likeness (QED) is 0.807. The summed E-state index contributed by atoms with van der Waals surface area (Å²) in [6.07, 6.45) is 2.29. The van der Waals surface area contributed by atoms with Crippen LogP contribution in [0.1, 0.15) is 25.8 Å². The van der Waals surface area contributed by atoms with E-state index in [0.29, 0.717) is 11.8 Å². The van der Waals surface area contributed by atoms with Gasteiger partial charge in [-0.25, -0.2) is 0 Å². The molecule has 2 atom stereocenters. The molecular weight excluding hydrogens is 264 g/mol. The van der Waals surface area contributed by atoms with Gasteiger partial charge in [0.15, 0.2) is 0 Å². The van der Waals surface area contributed by atoms with Gasteiger partial charge in [0.05, 0.1) is 12.7 Å². The summed E-state index contributed by atoms with van der Waals surface area (Å²) in [5.74, 6) is 0.322. The number of hydrogen-bond donors (Lipinski definition) is 2. The third-order valence-electron chi connectivity index (χ3n) is 4.12. The molecule has 2 rings (SSSR count). The molecule has 0 spiro atoms. The second-order valence-corrected chi connectivity index (χ2v) is 5.73. The number of rotatable bonds is 7. The van der Waals surface area contributed by atoms with Gasteiger partial charge in [-0.2, -0.15) is 0 Å². The van der Waals surface area contributed by atoms with Crippen molar-refractivity contribution in [3.05, 3.63) is 29.8 Å². The lowest BCUT2D eigenvalue weighted by Gasteiger charge is -2.37. The number of nitrogens with zero attached hydrogens (tertiary/aromatic N) is 1. The Morgan fingerprint density at radius 2 is 2.10 bits per heavy atom. The van der Waals surface area contributed by atoms with Crippen molar-refractivity contribution in [1.82, 2.24) is 10.2 Å². The summed E-state index contributed by atoms with van der Waals surface area (Å²) < 4.78 is 6.01. The molecule has 0 radical (unpaired) electrons. The lowest BCUT2D eigenvalue weighted by Crippen LogP contribution is -2.53. The van der Waals surface area contributed by atoms with Crippen LogP contribution in [-0.2, 0) is 11.2 Å². The second kappa shape index (κ2) is 8.37. The molecule has 1 aromatic carbocycles. The van der Waals surface area contributed by atoms with Crippen molar-refractivity contribution >= 4 is 0 Å². The highest BCUT2D eigenvalue weighted by Gasteiger charge is 2.27. The third kappa shape index (κ3) is 4.99. The highest BCUT2D eigenvalue weighted by Crippen LogP contribution is 2.16. The molecular formula is C17H28N2O2. The van der Waals surface area contributed by atoms with E-state index in [1.54, 1.807) is 12.1 Å². The number of benzene rings is 1. The molecule has 118 valence electrons. The van der Waals surface area contributed by atoms with Gasteiger partial charge in [0.2, 0.25) is 0 Å². The first kappa shape index (κ1) is 16.3. The molecule has 0 saturated carbocycles. The standard InChI is InChI=1S/C17H28N2O2/c1-3-9-18-16(12-14-5-7-15(20)8-6-14)17-13-19(4-2)10-11-21-17/h5-8,16-18,20H,3-4,9-13H2,1-2H3. The van der Waals surface area contributed by atoms with Crippen LogP contribution in [0.25, 0.3) is 0 Å². The number of nitrogens with one attached hydrogen (secondary N) is 1. The predicted octanol–water partition coefficient (Wildman–Crippen LogP) is 2.02. The van der Waals surface area contributed by atoms with E-state index >= 15 is 0 Å². The molecule has 2 unspecified atom stereocenters. The molecule has 1 fully saturated rings. The van der Waals surface area contributed by atoms with Gasteiger partial charge < -0.3 is 15.2 Å². The minimum Gasteiger partial charge on any atom is -0.508 e. The molecule has 0 bridgehead atoms. The van der Waals surface area contributed by atoms with E-state index < -0.39 is 0 Å². The van der Waals surface area contributed by atoms with E-state index in [4.69, 9.17) is 4.74 Å². The van der Waals surface area contributed by atoms with Crippen LogP contribution >= 0.6 is 0 Å². The van der Waals surface area contributed by atoms with Gasteiger partial charge >= 0.3 is 0 Å². The summed E-state index contributed by atoms with van der Waals surface area (Å²) in [4.78, 5) is 2.45. The van der Waals surface area contributed by atoms with Crippen molar-refractivity contribution < 1.29 is 9.84 Å². The number of morpholine rings is 1. The number of aromatic hydroxyl groups is 1. The smallest absolute Gasteiger partial charge is 0.115 e. The van der Waals surface area contributed by atoms with Crippen LogP contribution in [0.2, 0.25) is 0 Å². The van der Waals surface area contributed by atoms with Gasteiger partial charge in [-0.1, -0.05) is 26.0 Å². The lowest BCUT2D eigenvalue weighted by molar-refractivity contribution is -0.0447. The minimum absolute atomic E-state index is 0.235. The zero-order chi connectivity index (χ0) is 15.1. The third-order valence-corrected chi connectivity index (χ3v) is 4.12. The molecule has 1 heterocycles. The number of likely N-dealkylation sites (N-methyl/N-ethyl adjacent to an activating group) is 1. The molecule has 1 aromatic rings. The van der Waals surface area contributed by atoms with Crippen molar-refractivity contribution in [1.29, 1.82) is 0 Å². The molecule has 2 N–H and O–H groups in total. The molecule has 1 aliphatic heterocycles. The van der Waals surface area contributed by atoms with Crippen molar-refractivity contribution in [3.63, 3.8) is 0 Å². The number of phenolic OH excluding ortho intramolecular Hbond substituents is 1. The molecule has 1 aliphatic rings. The first-order chi connectivity index (χ1) is 10.2. The summed E-state index contributed by atoms with van der Waals surface area (Å²) in [6, 6.07) is 7.83. The highest BCUT2D eigenvalue weighted by molar-refractivity contribution is 5.26. The fraction of sp³-hybridized carbons (Fsp3) is 0.647. The predicted molar refractivity (Wildman–Crippen MR) is 85.7 cm³/mol. The molecule has 0 amide bonds. The average molecular weight is 292 g/mol. The van der Waals surface area contributed by atoms with Crippen molar-refractivity contribution in [2.45, 2.75) is 38.8 Å². The fourth-order valence-corrected chi connectivity index (χ4v) is 2.81. The maximum absolute atomic E-state index is 9.40. The summed E-state index contributed by atoms with van der Waals surface area (Å²) in [7, 11) is 0. The molecule has 1 saturated heterocycles. The van der Waals surface area contributed by atoms with E-state index in [0.717, 1.165) is 45.6 Å². The average Bonchev–Trinajstić information content (AvgIpc) is 2.53. The Kier molecular flexibility index (Phi) is 6.49. The first-order valence-electron chi connectivity index (χ1n) is 8.08. The SMILES string of the molecule is CCCNC(Cc1ccc(O)cc1)C1CN(CC)CCO1. The fourth-order valence-electron chi connectivity index (χ4n) is 2.81. The maximum Gasteiger partial charge on any atom is 0.115 e. The number of hydrogen-bond acceptors (Lipinski definition) is 4. The summed E-state index contributed by atoms with van der Waals surface area (Å²) in [6.45, 7) is 9.33. The topological polar surface area (TPSA) is 44.7 Å². The summed E-state index contributed by atoms with van der Waals surface area (Å²) >= 11 is 0. The van der Waals surface area contributed by atoms with Crippen molar-refractivity contribution in [2.24, 2.45) is 0 Å². The van der Waals surface area contributed by atoms with Crippen molar-refractivity contribution in [3.8, 4) is 5.75 Å². The summed E-state index contributed by atoms with van der Waals surface area (Å²) in [5, 5.41) is 13.0. The highest BCUT2D eigenvalue weighted by atomic mass is 16.5. The monoisotopic (exact) mass is 292 g/mol. The van der Waals surface area contributed by atoms with Gasteiger partial charge in [0.25, 0.3) is 0 Å². The Hall–Kier alpha value is -1.10. The van der Waals surface area contributed by atoms with E-state index in [1.807, 2.05) is 12.1 Å². The van der Waals surface area contributed by atoms with Gasteiger partial charge in [-0.05, 0) is 43.6 Å². The van der Waals surface area contributed by atoms with Gasteiger partial charge in [-0.3, -0.25) is 4.90 Å². The van der Waals surface area contributed by atoms with Crippen LogP contribution in [0, 0.1) is 0 Å². The largest absolute Gasteiger partial charge is 0.508 e.